The van der Waals surface area contributed by atoms with Gasteiger partial charge in [-0.2, -0.15) is 0 Å². The predicted octanol–water partition coefficient (Wildman–Crippen LogP) is 3.68. The van der Waals surface area contributed by atoms with E-state index < -0.39 is 17.7 Å². The average molecular weight is 358 g/mol. The van der Waals surface area contributed by atoms with Crippen molar-refractivity contribution in [2.24, 2.45) is 5.73 Å². The van der Waals surface area contributed by atoms with Crippen LogP contribution in [0.3, 0.4) is 0 Å². The summed E-state index contributed by atoms with van der Waals surface area (Å²) in [6, 6.07) is 2.12. The summed E-state index contributed by atoms with van der Waals surface area (Å²) in [5.74, 6) is -1.81. The molecule has 0 aliphatic rings. The fourth-order valence-electron chi connectivity index (χ4n) is 2.04. The largest absolute Gasteiger partial charge is 0.324 e. The van der Waals surface area contributed by atoms with Crippen LogP contribution in [0.5, 0.6) is 0 Å². The van der Waals surface area contributed by atoms with Gasteiger partial charge in [-0.05, 0) is 27.6 Å². The molecule has 0 radical (unpaired) electrons. The maximum absolute atomic E-state index is 13.5. The average Bonchev–Trinajstić information content (AvgIpc) is 2.96. The van der Waals surface area contributed by atoms with Crippen molar-refractivity contribution in [3.05, 3.63) is 57.3 Å². The van der Waals surface area contributed by atoms with E-state index >= 15 is 0 Å². The highest BCUT2D eigenvalue weighted by Gasteiger charge is 2.17. The van der Waals surface area contributed by atoms with Gasteiger partial charge in [-0.25, -0.2) is 13.8 Å². The van der Waals surface area contributed by atoms with E-state index in [9.17, 15) is 8.78 Å². The molecular weight excluding hydrogens is 348 g/mol. The molecule has 0 bridgehead atoms. The molecule has 0 fully saturated rings. The van der Waals surface area contributed by atoms with Crippen molar-refractivity contribution in [1.82, 2.24) is 9.38 Å². The van der Waals surface area contributed by atoms with E-state index in [4.69, 9.17) is 5.73 Å². The van der Waals surface area contributed by atoms with E-state index in [1.54, 1.807) is 0 Å². The number of benzene rings is 1. The van der Waals surface area contributed by atoms with Crippen LogP contribution in [-0.4, -0.2) is 9.38 Å². The van der Waals surface area contributed by atoms with Crippen LogP contribution in [0.1, 0.15) is 17.3 Å². The number of rotatable bonds is 3. The molecule has 2 heterocycles. The number of fused-ring (bicyclic) bond motifs is 1. The zero-order chi connectivity index (χ0) is 14.3. The maximum atomic E-state index is 13.5. The third kappa shape index (κ3) is 2.36. The van der Waals surface area contributed by atoms with Gasteiger partial charge in [0.2, 0.25) is 0 Å². The molecule has 2 N–H and O–H groups in total. The van der Waals surface area contributed by atoms with Gasteiger partial charge in [0.15, 0.2) is 16.6 Å². The lowest BCUT2D eigenvalue weighted by atomic mass is 10.0. The van der Waals surface area contributed by atoms with Crippen LogP contribution >= 0.6 is 27.3 Å². The number of aromatic nitrogens is 2. The highest BCUT2D eigenvalue weighted by Crippen LogP contribution is 2.28. The Bertz CT molecular complexity index is 740. The molecule has 3 nitrogen and oxygen atoms in total. The van der Waals surface area contributed by atoms with Gasteiger partial charge in [-0.1, -0.05) is 6.07 Å². The fraction of sp³-hybridized carbons (Fsp3) is 0.154. The summed E-state index contributed by atoms with van der Waals surface area (Å²) in [7, 11) is 0. The molecule has 104 valence electrons. The van der Waals surface area contributed by atoms with E-state index in [1.165, 1.54) is 17.4 Å². The third-order valence-electron chi connectivity index (χ3n) is 3.04. The summed E-state index contributed by atoms with van der Waals surface area (Å²) in [6.07, 6.45) is 4.26. The van der Waals surface area contributed by atoms with E-state index in [2.05, 4.69) is 20.9 Å². The molecule has 3 aromatic rings. The Morgan fingerprint density at radius 2 is 2.20 bits per heavy atom. The van der Waals surface area contributed by atoms with Crippen LogP contribution in [0.25, 0.3) is 4.96 Å². The number of nitrogens with zero attached hydrogens (tertiary/aromatic N) is 2. The van der Waals surface area contributed by atoms with Crippen LogP contribution in [0.15, 0.2) is 34.4 Å². The van der Waals surface area contributed by atoms with Crippen LogP contribution in [-0.2, 0) is 6.42 Å². The standard InChI is InChI=1S/C13H10BrF2N3S/c14-11-8(1-2-9(15)12(11)16)10(17)5-7-6-19-3-4-20-13(19)18-7/h1-4,6,10H,5,17H2. The van der Waals surface area contributed by atoms with Gasteiger partial charge in [-0.15, -0.1) is 11.3 Å². The van der Waals surface area contributed by atoms with Crippen LogP contribution in [0, 0.1) is 11.6 Å². The normalized spacial score (nSPS) is 13.0. The molecule has 0 spiro atoms. The number of hydrogen-bond acceptors (Lipinski definition) is 3. The lowest BCUT2D eigenvalue weighted by Gasteiger charge is -2.13. The molecule has 0 aliphatic carbocycles. The first-order chi connectivity index (χ1) is 9.56. The lowest BCUT2D eigenvalue weighted by Crippen LogP contribution is -2.15. The van der Waals surface area contributed by atoms with Crippen molar-refractivity contribution in [2.45, 2.75) is 12.5 Å². The molecule has 1 atom stereocenters. The van der Waals surface area contributed by atoms with E-state index in [0.29, 0.717) is 12.0 Å². The second-order valence-electron chi connectivity index (χ2n) is 4.40. The van der Waals surface area contributed by atoms with Crippen LogP contribution in [0.2, 0.25) is 0 Å². The topological polar surface area (TPSA) is 43.3 Å². The minimum absolute atomic E-state index is 0.0750. The van der Waals surface area contributed by atoms with E-state index in [1.807, 2.05) is 22.2 Å². The second-order valence-corrected chi connectivity index (χ2v) is 6.07. The summed E-state index contributed by atoms with van der Waals surface area (Å²) in [6.45, 7) is 0. The number of thiazole rings is 1. The summed E-state index contributed by atoms with van der Waals surface area (Å²) in [5, 5.41) is 1.94. The Morgan fingerprint density at radius 1 is 1.40 bits per heavy atom. The minimum atomic E-state index is -0.913. The summed E-state index contributed by atoms with van der Waals surface area (Å²) in [5.41, 5.74) is 7.42. The fourth-order valence-corrected chi connectivity index (χ4v) is 3.37. The Morgan fingerprint density at radius 3 is 2.95 bits per heavy atom. The zero-order valence-electron chi connectivity index (χ0n) is 10.2. The van der Waals surface area contributed by atoms with Gasteiger partial charge in [-0.3, -0.25) is 4.40 Å². The van der Waals surface area contributed by atoms with E-state index in [0.717, 1.165) is 16.7 Å². The van der Waals surface area contributed by atoms with E-state index in [-0.39, 0.29) is 4.47 Å². The quantitative estimate of drug-likeness (QED) is 0.726. The van der Waals surface area contributed by atoms with Gasteiger partial charge in [0.05, 0.1) is 10.2 Å². The first kappa shape index (κ1) is 13.7. The zero-order valence-corrected chi connectivity index (χ0v) is 12.6. The Labute approximate surface area is 126 Å². The Hall–Kier alpha value is -1.31. The van der Waals surface area contributed by atoms with Gasteiger partial charge in [0.25, 0.3) is 0 Å². The van der Waals surface area contributed by atoms with Gasteiger partial charge >= 0.3 is 0 Å². The first-order valence-corrected chi connectivity index (χ1v) is 7.53. The highest BCUT2D eigenvalue weighted by molar-refractivity contribution is 9.10. The highest BCUT2D eigenvalue weighted by atomic mass is 79.9. The molecule has 1 aromatic carbocycles. The molecule has 7 heteroatoms. The van der Waals surface area contributed by atoms with Crippen molar-refractivity contribution in [1.29, 1.82) is 0 Å². The molecule has 0 saturated carbocycles. The van der Waals surface area contributed by atoms with Crippen molar-refractivity contribution in [3.8, 4) is 0 Å². The molecule has 2 aromatic heterocycles. The molecule has 0 aliphatic heterocycles. The number of halogens is 3. The summed E-state index contributed by atoms with van der Waals surface area (Å²) < 4.78 is 28.6. The lowest BCUT2D eigenvalue weighted by molar-refractivity contribution is 0.500. The number of nitrogens with two attached hydrogens (primary N) is 1. The SMILES string of the molecule is NC(Cc1cn2ccsc2n1)c1ccc(F)c(F)c1Br. The predicted molar refractivity (Wildman–Crippen MR) is 77.8 cm³/mol. The Balaban J connectivity index is 1.87. The molecule has 20 heavy (non-hydrogen) atoms. The minimum Gasteiger partial charge on any atom is -0.324 e. The molecule has 1 unspecified atom stereocenters. The number of hydrogen-bond donors (Lipinski definition) is 1. The van der Waals surface area contributed by atoms with Crippen molar-refractivity contribution in [2.75, 3.05) is 0 Å². The Kier molecular flexibility index (Phi) is 3.57. The third-order valence-corrected chi connectivity index (χ3v) is 4.61. The second kappa shape index (κ2) is 5.23. The first-order valence-electron chi connectivity index (χ1n) is 5.86. The van der Waals surface area contributed by atoms with Crippen molar-refractivity contribution >= 4 is 32.2 Å². The van der Waals surface area contributed by atoms with Crippen LogP contribution in [0.4, 0.5) is 8.78 Å². The van der Waals surface area contributed by atoms with Crippen molar-refractivity contribution < 1.29 is 8.78 Å². The summed E-state index contributed by atoms with van der Waals surface area (Å²) >= 11 is 4.58. The van der Waals surface area contributed by atoms with Gasteiger partial charge < -0.3 is 5.73 Å². The monoisotopic (exact) mass is 357 g/mol. The van der Waals surface area contributed by atoms with Crippen molar-refractivity contribution in [3.63, 3.8) is 0 Å². The van der Waals surface area contributed by atoms with Gasteiger partial charge in [0.1, 0.15) is 0 Å². The maximum Gasteiger partial charge on any atom is 0.193 e. The number of imidazole rings is 1. The van der Waals surface area contributed by atoms with Crippen LogP contribution < -0.4 is 5.73 Å². The molecule has 0 saturated heterocycles. The molecule has 3 rings (SSSR count). The van der Waals surface area contributed by atoms with Gasteiger partial charge in [0, 0.05) is 30.2 Å². The smallest absolute Gasteiger partial charge is 0.193 e. The molecule has 0 amide bonds. The summed E-state index contributed by atoms with van der Waals surface area (Å²) in [4.78, 5) is 5.31. The molecular formula is C13H10BrF2N3S.